The van der Waals surface area contributed by atoms with E-state index < -0.39 is 5.97 Å². The van der Waals surface area contributed by atoms with Gasteiger partial charge in [-0.25, -0.2) is 9.78 Å². The Morgan fingerprint density at radius 2 is 2.12 bits per heavy atom. The van der Waals surface area contributed by atoms with Crippen LogP contribution < -0.4 is 15.0 Å². The Labute approximate surface area is 195 Å². The highest BCUT2D eigenvalue weighted by molar-refractivity contribution is 7.20. The largest absolute Gasteiger partial charge is 0.486 e. The maximum absolute atomic E-state index is 13.0. The van der Waals surface area contributed by atoms with Gasteiger partial charge in [0, 0.05) is 6.04 Å². The molecule has 174 valence electrons. The molecule has 2 atom stereocenters. The summed E-state index contributed by atoms with van der Waals surface area (Å²) in [6.45, 7) is 7.91. The monoisotopic (exact) mass is 469 g/mol. The predicted molar refractivity (Wildman–Crippen MR) is 125 cm³/mol. The molecule has 0 bridgehead atoms. The minimum Gasteiger partial charge on any atom is -0.486 e. The molecule has 4 heterocycles. The Bertz CT molecular complexity index is 1270. The molecule has 0 spiro atoms. The summed E-state index contributed by atoms with van der Waals surface area (Å²) in [5.74, 6) is 1.76. The van der Waals surface area contributed by atoms with Crippen molar-refractivity contribution >= 4 is 27.5 Å². The molecule has 0 amide bonds. The summed E-state index contributed by atoms with van der Waals surface area (Å²) < 4.78 is 16.6. The van der Waals surface area contributed by atoms with Crippen LogP contribution in [0.15, 0.2) is 23.0 Å². The molecule has 0 aliphatic carbocycles. The van der Waals surface area contributed by atoms with E-state index in [9.17, 15) is 9.59 Å². The van der Waals surface area contributed by atoms with Gasteiger partial charge in [0.2, 0.25) is 0 Å². The van der Waals surface area contributed by atoms with E-state index >= 15 is 0 Å². The number of rotatable bonds is 5. The Morgan fingerprint density at radius 3 is 2.91 bits per heavy atom. The van der Waals surface area contributed by atoms with E-state index in [0.717, 1.165) is 30.9 Å². The van der Waals surface area contributed by atoms with Gasteiger partial charge in [-0.05, 0) is 63.4 Å². The number of likely N-dealkylation sites (tertiary alicyclic amines) is 1. The molecule has 0 saturated carbocycles. The normalized spacial score (nSPS) is 19.1. The number of aromatic amines is 1. The van der Waals surface area contributed by atoms with Gasteiger partial charge < -0.3 is 19.2 Å². The number of hydrogen-bond donors (Lipinski definition) is 1. The van der Waals surface area contributed by atoms with Crippen LogP contribution in [0, 0.1) is 6.92 Å². The Hall–Kier alpha value is -2.91. The van der Waals surface area contributed by atoms with Crippen LogP contribution in [0.4, 0.5) is 0 Å². The van der Waals surface area contributed by atoms with Crippen molar-refractivity contribution in [2.24, 2.45) is 0 Å². The number of nitrogens with one attached hydrogen (secondary N) is 1. The fraction of sp³-hybridized carbons (Fsp3) is 0.458. The second kappa shape index (κ2) is 8.79. The highest BCUT2D eigenvalue weighted by Gasteiger charge is 2.33. The molecule has 9 heteroatoms. The molecule has 1 aromatic carbocycles. The van der Waals surface area contributed by atoms with Crippen LogP contribution >= 0.6 is 11.3 Å². The van der Waals surface area contributed by atoms with E-state index in [2.05, 4.69) is 28.9 Å². The minimum absolute atomic E-state index is 0.101. The topological polar surface area (TPSA) is 93.8 Å². The van der Waals surface area contributed by atoms with E-state index in [0.29, 0.717) is 39.7 Å². The van der Waals surface area contributed by atoms with Gasteiger partial charge in [0.1, 0.15) is 28.7 Å². The number of carbonyl (C=O) groups is 1. The smallest absolute Gasteiger partial charge is 0.348 e. The average Bonchev–Trinajstić information content (AvgIpc) is 3.43. The second-order valence-electron chi connectivity index (χ2n) is 8.38. The van der Waals surface area contributed by atoms with Gasteiger partial charge in [-0.15, -0.1) is 11.3 Å². The number of hydrogen-bond acceptors (Lipinski definition) is 8. The van der Waals surface area contributed by atoms with Crippen LogP contribution in [0.2, 0.25) is 0 Å². The van der Waals surface area contributed by atoms with Crippen molar-refractivity contribution in [3.05, 3.63) is 50.4 Å². The molecule has 2 aliphatic rings. The first-order chi connectivity index (χ1) is 16.0. The lowest BCUT2D eigenvalue weighted by Crippen LogP contribution is -2.29. The van der Waals surface area contributed by atoms with Crippen LogP contribution in [-0.2, 0) is 4.74 Å². The fourth-order valence-corrected chi connectivity index (χ4v) is 5.87. The third-order valence-electron chi connectivity index (χ3n) is 6.42. The maximum atomic E-state index is 13.0. The molecule has 0 unspecified atom stereocenters. The highest BCUT2D eigenvalue weighted by atomic mass is 32.1. The quantitative estimate of drug-likeness (QED) is 0.561. The van der Waals surface area contributed by atoms with Crippen molar-refractivity contribution in [3.8, 4) is 11.5 Å². The number of nitrogens with zero attached hydrogens (tertiary/aromatic N) is 2. The third-order valence-corrected chi connectivity index (χ3v) is 7.58. The second-order valence-corrected chi connectivity index (χ2v) is 9.38. The zero-order chi connectivity index (χ0) is 23.1. The molecule has 33 heavy (non-hydrogen) atoms. The van der Waals surface area contributed by atoms with Crippen molar-refractivity contribution in [3.63, 3.8) is 0 Å². The minimum atomic E-state index is -0.412. The van der Waals surface area contributed by atoms with Crippen molar-refractivity contribution in [1.82, 2.24) is 14.9 Å². The molecule has 1 saturated heterocycles. The Morgan fingerprint density at radius 1 is 1.33 bits per heavy atom. The highest BCUT2D eigenvalue weighted by Crippen LogP contribution is 2.41. The average molecular weight is 470 g/mol. The van der Waals surface area contributed by atoms with E-state index in [1.54, 1.807) is 13.8 Å². The van der Waals surface area contributed by atoms with Crippen molar-refractivity contribution in [2.45, 2.75) is 45.7 Å². The summed E-state index contributed by atoms with van der Waals surface area (Å²) in [5, 5.41) is 0.462. The number of carbonyl (C=O) groups excluding carboxylic acids is 1. The first-order valence-electron chi connectivity index (χ1n) is 11.3. The van der Waals surface area contributed by atoms with Crippen LogP contribution in [0.3, 0.4) is 0 Å². The molecule has 8 nitrogen and oxygen atoms in total. The molecular formula is C24H27N3O5S. The first kappa shape index (κ1) is 21.9. The van der Waals surface area contributed by atoms with Crippen LogP contribution in [0.25, 0.3) is 10.2 Å². The van der Waals surface area contributed by atoms with Crippen LogP contribution in [-0.4, -0.2) is 47.2 Å². The van der Waals surface area contributed by atoms with Gasteiger partial charge >= 0.3 is 5.97 Å². The van der Waals surface area contributed by atoms with Crippen LogP contribution in [0.5, 0.6) is 11.5 Å². The lowest BCUT2D eigenvalue weighted by Gasteiger charge is -2.31. The maximum Gasteiger partial charge on any atom is 0.348 e. The van der Waals surface area contributed by atoms with Gasteiger partial charge in [-0.3, -0.25) is 9.69 Å². The zero-order valence-corrected chi connectivity index (χ0v) is 19.8. The Kier molecular flexibility index (Phi) is 5.84. The first-order valence-corrected chi connectivity index (χ1v) is 12.1. The van der Waals surface area contributed by atoms with Gasteiger partial charge in [-0.1, -0.05) is 6.07 Å². The van der Waals surface area contributed by atoms with Gasteiger partial charge in [-0.2, -0.15) is 0 Å². The number of H-pyrrole nitrogens is 1. The SMILES string of the molecule is CCOC(=O)c1sc2nc([C@@H](C)N3CCC[C@@H]3c3ccc4c(c3)OCCO4)[nH]c(=O)c2c1C. The molecule has 2 aliphatic heterocycles. The number of aryl methyl sites for hydroxylation is 1. The number of aromatic nitrogens is 2. The van der Waals surface area contributed by atoms with Crippen molar-refractivity contribution in [2.75, 3.05) is 26.4 Å². The lowest BCUT2D eigenvalue weighted by atomic mass is 10.0. The van der Waals surface area contributed by atoms with Gasteiger partial charge in [0.15, 0.2) is 11.5 Å². The van der Waals surface area contributed by atoms with Crippen molar-refractivity contribution < 1.29 is 19.0 Å². The number of ether oxygens (including phenoxy) is 3. The molecule has 2 aromatic heterocycles. The lowest BCUT2D eigenvalue weighted by molar-refractivity contribution is 0.0531. The summed E-state index contributed by atoms with van der Waals surface area (Å²) in [7, 11) is 0. The predicted octanol–water partition coefficient (Wildman–Crippen LogP) is 4.14. The molecular weight excluding hydrogens is 442 g/mol. The van der Waals surface area contributed by atoms with Crippen LogP contribution in [0.1, 0.15) is 65.4 Å². The molecule has 5 rings (SSSR count). The van der Waals surface area contributed by atoms with Gasteiger partial charge in [0.05, 0.1) is 18.0 Å². The summed E-state index contributed by atoms with van der Waals surface area (Å²) in [5.41, 5.74) is 1.57. The van der Waals surface area contributed by atoms with Gasteiger partial charge in [0.25, 0.3) is 5.56 Å². The zero-order valence-electron chi connectivity index (χ0n) is 19.0. The summed E-state index contributed by atoms with van der Waals surface area (Å²) in [4.78, 5) is 36.4. The molecule has 1 N–H and O–H groups in total. The van der Waals surface area contributed by atoms with Crippen molar-refractivity contribution in [1.29, 1.82) is 0 Å². The fourth-order valence-electron chi connectivity index (χ4n) is 4.78. The number of thiophene rings is 1. The molecule has 3 aromatic rings. The van der Waals surface area contributed by atoms with E-state index in [-0.39, 0.29) is 24.2 Å². The number of esters is 1. The number of benzene rings is 1. The van der Waals surface area contributed by atoms with E-state index in [1.807, 2.05) is 6.07 Å². The Balaban J connectivity index is 1.47. The molecule has 0 radical (unpaired) electrons. The van der Waals surface area contributed by atoms with E-state index in [4.69, 9.17) is 19.2 Å². The summed E-state index contributed by atoms with van der Waals surface area (Å²) in [6, 6.07) is 6.23. The number of fused-ring (bicyclic) bond motifs is 2. The molecule has 1 fully saturated rings. The summed E-state index contributed by atoms with van der Waals surface area (Å²) in [6.07, 6.45) is 2.07. The summed E-state index contributed by atoms with van der Waals surface area (Å²) >= 11 is 1.22. The van der Waals surface area contributed by atoms with E-state index in [1.165, 1.54) is 16.9 Å². The third kappa shape index (κ3) is 3.89. The standard InChI is InChI=1S/C24H27N3O5S/c1-4-30-24(29)20-13(2)19-22(28)25-21(26-23(19)33-20)14(3)27-9-5-6-16(27)15-7-8-17-18(12-15)32-11-10-31-17/h7-8,12,14,16H,4-6,9-11H2,1-3H3,(H,25,26,28)/t14-,16-/m1/s1.